The Balaban J connectivity index is 1.30. The average molecular weight is 686 g/mol. The van der Waals surface area contributed by atoms with Crippen LogP contribution in [0.15, 0.2) is 18.3 Å². The number of carbonyl (C=O) groups excluding carboxylic acids is 2. The molecule has 260 valence electrons. The predicted molar refractivity (Wildman–Crippen MR) is 165 cm³/mol. The number of carbonyl (C=O) groups is 2. The van der Waals surface area contributed by atoms with Crippen molar-refractivity contribution in [1.82, 2.24) is 25.0 Å². The van der Waals surface area contributed by atoms with Crippen molar-refractivity contribution >= 4 is 19.9 Å². The molecule has 3 atom stereocenters. The van der Waals surface area contributed by atoms with E-state index in [2.05, 4.69) is 35.0 Å². The Labute approximate surface area is 272 Å². The number of hydrogen-bond donors (Lipinski definition) is 2. The fraction of sp³-hybridized carbons (Fsp3) is 0.677. The van der Waals surface area contributed by atoms with Crippen LogP contribution >= 0.6 is 0 Å². The van der Waals surface area contributed by atoms with Gasteiger partial charge in [-0.2, -0.15) is 18.3 Å². The molecule has 3 aliphatic heterocycles. The van der Waals surface area contributed by atoms with Crippen molar-refractivity contribution in [2.24, 2.45) is 11.8 Å². The molecule has 47 heavy (non-hydrogen) atoms. The van der Waals surface area contributed by atoms with Gasteiger partial charge in [0.05, 0.1) is 38.3 Å². The summed E-state index contributed by atoms with van der Waals surface area (Å²) in [5.74, 6) is -1.96. The van der Waals surface area contributed by atoms with E-state index in [0.29, 0.717) is 18.7 Å². The summed E-state index contributed by atoms with van der Waals surface area (Å²) in [7, 11) is 0.0458. The molecule has 0 spiro atoms. The lowest BCUT2D eigenvalue weighted by atomic mass is 9.80. The summed E-state index contributed by atoms with van der Waals surface area (Å²) in [6, 6.07) is 2.93. The van der Waals surface area contributed by atoms with Crippen molar-refractivity contribution in [3.05, 3.63) is 29.8 Å². The molecule has 2 N–H and O–H groups in total. The van der Waals surface area contributed by atoms with Gasteiger partial charge in [-0.15, -0.1) is 0 Å². The molecule has 3 saturated heterocycles. The van der Waals surface area contributed by atoms with Gasteiger partial charge >= 0.3 is 6.18 Å². The van der Waals surface area contributed by atoms with E-state index >= 15 is 4.39 Å². The van der Waals surface area contributed by atoms with Crippen LogP contribution in [0.4, 0.5) is 17.6 Å². The lowest BCUT2D eigenvalue weighted by molar-refractivity contribution is -0.270. The number of alkyl halides is 3. The molecule has 4 fully saturated rings. The number of piperidine rings is 1. The molecule has 11 nitrogen and oxygen atoms in total. The second kappa shape index (κ2) is 13.8. The molecule has 3 unspecified atom stereocenters. The van der Waals surface area contributed by atoms with Crippen molar-refractivity contribution in [1.29, 1.82) is 0 Å². The minimum absolute atomic E-state index is 0.00385. The molecule has 2 amide bonds. The summed E-state index contributed by atoms with van der Waals surface area (Å²) in [6.45, 7) is 7.83. The maximum atomic E-state index is 15.0. The zero-order valence-corrected chi connectivity index (χ0v) is 28.1. The first-order valence-electron chi connectivity index (χ1n) is 15.9. The van der Waals surface area contributed by atoms with Gasteiger partial charge in [0.25, 0.3) is 5.91 Å². The normalized spacial score (nSPS) is 26.6. The van der Waals surface area contributed by atoms with Crippen LogP contribution in [0.3, 0.4) is 0 Å². The largest absolute Gasteiger partial charge is 0.481 e. The maximum absolute atomic E-state index is 15.0. The molecule has 5 heterocycles. The number of fused-ring (bicyclic) bond motifs is 4. The highest BCUT2D eigenvalue weighted by atomic mass is 28.3. The summed E-state index contributed by atoms with van der Waals surface area (Å²) in [4.78, 5) is 32.9. The fourth-order valence-electron chi connectivity index (χ4n) is 6.47. The van der Waals surface area contributed by atoms with E-state index in [1.165, 1.54) is 23.9 Å². The van der Waals surface area contributed by atoms with E-state index in [1.807, 2.05) is 0 Å². The second-order valence-electron chi connectivity index (χ2n) is 14.0. The highest BCUT2D eigenvalue weighted by molar-refractivity contribution is 6.76. The Morgan fingerprint density at radius 3 is 2.57 bits per heavy atom. The van der Waals surface area contributed by atoms with Gasteiger partial charge in [0.1, 0.15) is 6.73 Å². The summed E-state index contributed by atoms with van der Waals surface area (Å²) < 4.78 is 73.1. The summed E-state index contributed by atoms with van der Waals surface area (Å²) in [5.41, 5.74) is -2.19. The number of amides is 2. The number of aliphatic hydroxyl groups is 1. The lowest BCUT2D eigenvalue weighted by Gasteiger charge is -2.41. The third kappa shape index (κ3) is 7.98. The Morgan fingerprint density at radius 2 is 1.91 bits per heavy atom. The van der Waals surface area contributed by atoms with E-state index in [1.54, 1.807) is 4.90 Å². The first-order valence-corrected chi connectivity index (χ1v) is 19.6. The minimum Gasteiger partial charge on any atom is -0.481 e. The van der Waals surface area contributed by atoms with Crippen LogP contribution < -0.4 is 10.1 Å². The molecular weight excluding hydrogens is 642 g/mol. The number of nitrogens with zero attached hydrogens (tertiary/aromatic N) is 4. The average Bonchev–Trinajstić information content (AvgIpc) is 3.17. The first-order chi connectivity index (χ1) is 22.1. The second-order valence-corrected chi connectivity index (χ2v) is 19.7. The van der Waals surface area contributed by atoms with E-state index in [9.17, 15) is 27.9 Å². The Kier molecular flexibility index (Phi) is 10.3. The van der Waals surface area contributed by atoms with Gasteiger partial charge in [0.15, 0.2) is 17.1 Å². The van der Waals surface area contributed by atoms with Crippen molar-refractivity contribution in [3.63, 3.8) is 0 Å². The SMILES string of the molecule is COc1cc(-c2cc(C(=O)N3CC4COCC3CC4C(=O)NC3CCC(O)(C(F)(F)F)CC3)nn2COCC[Si](C)(C)C)c(F)cn1. The Bertz CT molecular complexity index is 1440. The van der Waals surface area contributed by atoms with Crippen LogP contribution in [-0.4, -0.2) is 102 Å². The quantitative estimate of drug-likeness (QED) is 0.216. The lowest BCUT2D eigenvalue weighted by Crippen LogP contribution is -2.55. The third-order valence-corrected chi connectivity index (χ3v) is 11.1. The van der Waals surface area contributed by atoms with Crippen LogP contribution in [-0.2, 0) is 21.0 Å². The van der Waals surface area contributed by atoms with Gasteiger partial charge in [-0.05, 0) is 44.2 Å². The first kappa shape index (κ1) is 35.2. The highest BCUT2D eigenvalue weighted by Crippen LogP contribution is 2.42. The monoisotopic (exact) mass is 685 g/mol. The molecule has 0 aromatic carbocycles. The standard InChI is InChI=1S/C31H43F4N5O6Si/c1-44-27-12-23(24(32)14-36-27)26-13-25(38-40(26)18-45-9-10-47(2,3)4)29(42)39-15-19-16-46-17-21(39)11-22(19)28(41)37-20-5-7-30(43,8-6-20)31(33,34)35/h12-14,19-22,43H,5-11,15-18H2,1-4H3,(H,37,41). The molecule has 0 radical (unpaired) electrons. The topological polar surface area (TPSA) is 128 Å². The van der Waals surface area contributed by atoms with Crippen molar-refractivity contribution in [2.45, 2.75) is 88.4 Å². The number of hydrogen-bond acceptors (Lipinski definition) is 8. The number of ether oxygens (including phenoxy) is 3. The molecule has 1 saturated carbocycles. The molecule has 4 aliphatic rings. The predicted octanol–water partition coefficient (Wildman–Crippen LogP) is 4.23. The molecule has 2 aromatic rings. The number of aromatic nitrogens is 3. The summed E-state index contributed by atoms with van der Waals surface area (Å²) in [6.07, 6.45) is -4.28. The van der Waals surface area contributed by atoms with Crippen molar-refractivity contribution in [2.75, 3.05) is 33.5 Å². The maximum Gasteiger partial charge on any atom is 0.417 e. The molecular formula is C31H43F4N5O6Si. The van der Waals surface area contributed by atoms with E-state index in [4.69, 9.17) is 14.2 Å². The van der Waals surface area contributed by atoms with E-state index in [-0.39, 0.29) is 68.3 Å². The third-order valence-electron chi connectivity index (χ3n) is 9.42. The number of rotatable bonds is 10. The van der Waals surface area contributed by atoms with Gasteiger partial charge in [-0.1, -0.05) is 19.6 Å². The summed E-state index contributed by atoms with van der Waals surface area (Å²) in [5, 5.41) is 17.4. The highest BCUT2D eigenvalue weighted by Gasteiger charge is 2.55. The zero-order valence-electron chi connectivity index (χ0n) is 27.1. The molecule has 2 bridgehead atoms. The summed E-state index contributed by atoms with van der Waals surface area (Å²) >= 11 is 0. The zero-order chi connectivity index (χ0) is 34.1. The van der Waals surface area contributed by atoms with Gasteiger partial charge in [0.2, 0.25) is 11.8 Å². The van der Waals surface area contributed by atoms with Gasteiger partial charge in [0, 0.05) is 50.7 Å². The fourth-order valence-corrected chi connectivity index (χ4v) is 7.22. The van der Waals surface area contributed by atoms with Crippen molar-refractivity contribution in [3.8, 4) is 17.1 Å². The Morgan fingerprint density at radius 1 is 1.19 bits per heavy atom. The van der Waals surface area contributed by atoms with E-state index in [0.717, 1.165) is 12.2 Å². The number of nitrogens with one attached hydrogen (secondary N) is 1. The van der Waals surface area contributed by atoms with Crippen LogP contribution in [0, 0.1) is 17.7 Å². The van der Waals surface area contributed by atoms with Gasteiger partial charge in [-0.3, -0.25) is 9.59 Å². The molecule has 2 aromatic heterocycles. The molecule has 6 rings (SSSR count). The number of pyridine rings is 1. The van der Waals surface area contributed by atoms with E-state index < -0.39 is 62.4 Å². The smallest absolute Gasteiger partial charge is 0.417 e. The molecule has 1 aliphatic carbocycles. The van der Waals surface area contributed by atoms with Gasteiger partial charge < -0.3 is 29.5 Å². The van der Waals surface area contributed by atoms with Crippen LogP contribution in [0.25, 0.3) is 11.3 Å². The van der Waals surface area contributed by atoms with Crippen LogP contribution in [0.2, 0.25) is 25.7 Å². The molecule has 16 heteroatoms. The number of methoxy groups -OCH3 is 1. The Hall–Kier alpha value is -3.08. The van der Waals surface area contributed by atoms with Crippen LogP contribution in [0.1, 0.15) is 42.6 Å². The number of halogens is 4. The van der Waals surface area contributed by atoms with Crippen molar-refractivity contribution < 1.29 is 46.5 Å². The van der Waals surface area contributed by atoms with Crippen LogP contribution in [0.5, 0.6) is 5.88 Å². The van der Waals surface area contributed by atoms with Gasteiger partial charge in [-0.25, -0.2) is 14.1 Å². The minimum atomic E-state index is -4.72.